The summed E-state index contributed by atoms with van der Waals surface area (Å²) >= 11 is 0. The lowest BCUT2D eigenvalue weighted by atomic mass is 9.97. The van der Waals surface area contributed by atoms with E-state index in [0.29, 0.717) is 16.7 Å². The number of ether oxygens (including phenoxy) is 1. The molecule has 0 spiro atoms. The van der Waals surface area contributed by atoms with Crippen molar-refractivity contribution in [3.05, 3.63) is 53.3 Å². The Labute approximate surface area is 105 Å². The first-order valence-electron chi connectivity index (χ1n) is 5.51. The summed E-state index contributed by atoms with van der Waals surface area (Å²) in [4.78, 5) is 0. The van der Waals surface area contributed by atoms with Crippen LogP contribution in [0.4, 0.5) is 4.39 Å². The van der Waals surface area contributed by atoms with Crippen molar-refractivity contribution in [3.8, 4) is 22.9 Å². The van der Waals surface area contributed by atoms with Crippen LogP contribution in [-0.4, -0.2) is 7.11 Å². The molecule has 0 amide bonds. The zero-order valence-electron chi connectivity index (χ0n) is 10.2. The molecule has 18 heavy (non-hydrogen) atoms. The van der Waals surface area contributed by atoms with E-state index in [0.717, 1.165) is 5.56 Å². The van der Waals surface area contributed by atoms with Crippen LogP contribution >= 0.6 is 0 Å². The van der Waals surface area contributed by atoms with Crippen molar-refractivity contribution in [2.45, 2.75) is 6.92 Å². The summed E-state index contributed by atoms with van der Waals surface area (Å²) in [6.07, 6.45) is 0. The maximum atomic E-state index is 14.2. The van der Waals surface area contributed by atoms with E-state index in [1.807, 2.05) is 13.0 Å². The fourth-order valence-electron chi connectivity index (χ4n) is 1.85. The Kier molecular flexibility index (Phi) is 3.29. The zero-order valence-corrected chi connectivity index (χ0v) is 10.2. The molecular formula is C15H12FNO. The molecule has 0 unspecified atom stereocenters. The molecule has 2 nitrogen and oxygen atoms in total. The SMILES string of the molecule is COc1cccc(-c2cc(C)ccc2C#N)c1F. The van der Waals surface area contributed by atoms with Crippen molar-refractivity contribution in [2.75, 3.05) is 7.11 Å². The van der Waals surface area contributed by atoms with Gasteiger partial charge in [-0.1, -0.05) is 29.8 Å². The second kappa shape index (κ2) is 4.89. The van der Waals surface area contributed by atoms with Crippen LogP contribution in [-0.2, 0) is 0 Å². The molecule has 0 aromatic heterocycles. The normalized spacial score (nSPS) is 9.89. The Morgan fingerprint density at radius 1 is 1.17 bits per heavy atom. The molecule has 2 aromatic carbocycles. The monoisotopic (exact) mass is 241 g/mol. The fourth-order valence-corrected chi connectivity index (χ4v) is 1.85. The average Bonchev–Trinajstić information content (AvgIpc) is 2.39. The molecule has 0 saturated carbocycles. The molecule has 2 aromatic rings. The number of hydrogen-bond donors (Lipinski definition) is 0. The highest BCUT2D eigenvalue weighted by Gasteiger charge is 2.13. The van der Waals surface area contributed by atoms with Gasteiger partial charge in [-0.15, -0.1) is 0 Å². The third-order valence-corrected chi connectivity index (χ3v) is 2.77. The molecule has 0 aliphatic rings. The Morgan fingerprint density at radius 3 is 2.61 bits per heavy atom. The highest BCUT2D eigenvalue weighted by molar-refractivity contribution is 5.72. The van der Waals surface area contributed by atoms with Crippen LogP contribution in [0.2, 0.25) is 0 Å². The van der Waals surface area contributed by atoms with Crippen molar-refractivity contribution < 1.29 is 9.13 Å². The second-order valence-electron chi connectivity index (χ2n) is 3.98. The highest BCUT2D eigenvalue weighted by Crippen LogP contribution is 2.31. The number of halogens is 1. The van der Waals surface area contributed by atoms with Crippen LogP contribution < -0.4 is 4.74 Å². The number of rotatable bonds is 2. The van der Waals surface area contributed by atoms with Gasteiger partial charge in [0.25, 0.3) is 0 Å². The molecular weight excluding hydrogens is 229 g/mol. The molecule has 3 heteroatoms. The molecule has 0 atom stereocenters. The summed E-state index contributed by atoms with van der Waals surface area (Å²) in [5.74, 6) is -0.264. The second-order valence-corrected chi connectivity index (χ2v) is 3.98. The zero-order chi connectivity index (χ0) is 13.1. The summed E-state index contributed by atoms with van der Waals surface area (Å²) < 4.78 is 19.1. The molecule has 0 fully saturated rings. The van der Waals surface area contributed by atoms with Crippen LogP contribution in [0.3, 0.4) is 0 Å². The lowest BCUT2D eigenvalue weighted by Crippen LogP contribution is -1.93. The number of hydrogen-bond acceptors (Lipinski definition) is 2. The first kappa shape index (κ1) is 12.1. The first-order valence-corrected chi connectivity index (χ1v) is 5.51. The van der Waals surface area contributed by atoms with Gasteiger partial charge in [0, 0.05) is 11.1 Å². The maximum Gasteiger partial charge on any atom is 0.172 e. The van der Waals surface area contributed by atoms with Gasteiger partial charge < -0.3 is 4.74 Å². The third-order valence-electron chi connectivity index (χ3n) is 2.77. The Balaban J connectivity index is 2.69. The van der Waals surface area contributed by atoms with Gasteiger partial charge in [-0.25, -0.2) is 4.39 Å². The largest absolute Gasteiger partial charge is 0.494 e. The van der Waals surface area contributed by atoms with Crippen molar-refractivity contribution in [1.29, 1.82) is 5.26 Å². The minimum absolute atomic E-state index is 0.179. The molecule has 0 saturated heterocycles. The quantitative estimate of drug-likeness (QED) is 0.803. The van der Waals surface area contributed by atoms with Gasteiger partial charge in [0.2, 0.25) is 0 Å². The van der Waals surface area contributed by atoms with E-state index in [4.69, 9.17) is 10.00 Å². The average molecular weight is 241 g/mol. The summed E-state index contributed by atoms with van der Waals surface area (Å²) in [6, 6.07) is 12.3. The smallest absolute Gasteiger partial charge is 0.172 e. The number of nitriles is 1. The number of nitrogens with zero attached hydrogens (tertiary/aromatic N) is 1. The standard InChI is InChI=1S/C15H12FNO/c1-10-6-7-11(9-17)13(8-10)12-4-3-5-14(18-2)15(12)16/h3-8H,1-2H3. The van der Waals surface area contributed by atoms with Gasteiger partial charge in [-0.2, -0.15) is 5.26 Å². The maximum absolute atomic E-state index is 14.2. The topological polar surface area (TPSA) is 33.0 Å². The Bertz CT molecular complexity index is 629. The molecule has 2 rings (SSSR count). The van der Waals surface area contributed by atoms with E-state index in [1.54, 1.807) is 30.3 Å². The van der Waals surface area contributed by atoms with E-state index in [-0.39, 0.29) is 5.75 Å². The van der Waals surface area contributed by atoms with Crippen LogP contribution in [0.25, 0.3) is 11.1 Å². The Morgan fingerprint density at radius 2 is 1.94 bits per heavy atom. The molecule has 0 radical (unpaired) electrons. The van der Waals surface area contributed by atoms with Crippen molar-refractivity contribution in [1.82, 2.24) is 0 Å². The first-order chi connectivity index (χ1) is 8.67. The molecule has 90 valence electrons. The highest BCUT2D eigenvalue weighted by atomic mass is 19.1. The molecule has 0 aliphatic heterocycles. The van der Waals surface area contributed by atoms with Gasteiger partial charge in [0.1, 0.15) is 0 Å². The van der Waals surface area contributed by atoms with Crippen molar-refractivity contribution >= 4 is 0 Å². The number of methoxy groups -OCH3 is 1. The lowest BCUT2D eigenvalue weighted by molar-refractivity contribution is 0.387. The number of benzene rings is 2. The van der Waals surface area contributed by atoms with Crippen LogP contribution in [0, 0.1) is 24.1 Å². The summed E-state index contributed by atoms with van der Waals surface area (Å²) in [6.45, 7) is 1.91. The van der Waals surface area contributed by atoms with E-state index < -0.39 is 5.82 Å². The summed E-state index contributed by atoms with van der Waals surface area (Å²) in [5, 5.41) is 9.08. The van der Waals surface area contributed by atoms with E-state index in [9.17, 15) is 4.39 Å². The summed E-state index contributed by atoms with van der Waals surface area (Å²) in [5.41, 5.74) is 2.41. The van der Waals surface area contributed by atoms with Gasteiger partial charge in [-0.05, 0) is 19.1 Å². The van der Waals surface area contributed by atoms with Crippen LogP contribution in [0.5, 0.6) is 5.75 Å². The van der Waals surface area contributed by atoms with Crippen LogP contribution in [0.1, 0.15) is 11.1 Å². The van der Waals surface area contributed by atoms with Gasteiger partial charge in [0.05, 0.1) is 18.7 Å². The molecule has 0 bridgehead atoms. The van der Waals surface area contributed by atoms with Gasteiger partial charge in [-0.3, -0.25) is 0 Å². The summed E-state index contributed by atoms with van der Waals surface area (Å²) in [7, 11) is 1.42. The van der Waals surface area contributed by atoms with E-state index in [2.05, 4.69) is 6.07 Å². The Hall–Kier alpha value is -2.34. The van der Waals surface area contributed by atoms with E-state index >= 15 is 0 Å². The van der Waals surface area contributed by atoms with Gasteiger partial charge in [0.15, 0.2) is 11.6 Å². The third kappa shape index (κ3) is 2.05. The predicted molar refractivity (Wildman–Crippen MR) is 67.8 cm³/mol. The van der Waals surface area contributed by atoms with Crippen molar-refractivity contribution in [2.24, 2.45) is 0 Å². The predicted octanol–water partition coefficient (Wildman–Crippen LogP) is 3.68. The molecule has 0 heterocycles. The minimum Gasteiger partial charge on any atom is -0.494 e. The minimum atomic E-state index is -0.442. The van der Waals surface area contributed by atoms with Crippen LogP contribution in [0.15, 0.2) is 36.4 Å². The van der Waals surface area contributed by atoms with E-state index in [1.165, 1.54) is 7.11 Å². The molecule has 0 N–H and O–H groups in total. The van der Waals surface area contributed by atoms with Crippen molar-refractivity contribution in [3.63, 3.8) is 0 Å². The number of aryl methyl sites for hydroxylation is 1. The molecule has 0 aliphatic carbocycles. The lowest BCUT2D eigenvalue weighted by Gasteiger charge is -2.09. The fraction of sp³-hybridized carbons (Fsp3) is 0.133. The van der Waals surface area contributed by atoms with Gasteiger partial charge >= 0.3 is 0 Å².